The number of benzene rings is 1. The quantitative estimate of drug-likeness (QED) is 0.423. The van der Waals surface area contributed by atoms with Crippen LogP contribution in [0.2, 0.25) is 0 Å². The molecule has 1 aliphatic rings. The summed E-state index contributed by atoms with van der Waals surface area (Å²) >= 11 is 1.41. The summed E-state index contributed by atoms with van der Waals surface area (Å²) in [7, 11) is 0. The van der Waals surface area contributed by atoms with Crippen LogP contribution >= 0.6 is 11.8 Å². The van der Waals surface area contributed by atoms with Crippen LogP contribution < -0.4 is 10.6 Å². The van der Waals surface area contributed by atoms with E-state index in [9.17, 15) is 24.3 Å². The molecule has 4 N–H and O–H groups in total. The van der Waals surface area contributed by atoms with E-state index in [0.29, 0.717) is 5.75 Å². The second-order valence-corrected chi connectivity index (χ2v) is 9.77. The van der Waals surface area contributed by atoms with Gasteiger partial charge in [-0.3, -0.25) is 19.2 Å². The molecule has 1 saturated heterocycles. The van der Waals surface area contributed by atoms with Crippen molar-refractivity contribution in [2.24, 2.45) is 0 Å². The predicted molar refractivity (Wildman–Crippen MR) is 121 cm³/mol. The summed E-state index contributed by atoms with van der Waals surface area (Å²) < 4.78 is 0. The molecule has 1 aliphatic heterocycles. The van der Waals surface area contributed by atoms with Gasteiger partial charge in [0.05, 0.1) is 18.3 Å². The molecular weight excluding hydrogens is 434 g/mol. The first kappa shape index (κ1) is 25.7. The van der Waals surface area contributed by atoms with Gasteiger partial charge in [0.25, 0.3) is 5.91 Å². The standard InChI is InChI=1S/C22H31N3O6S/c1-22(2,3)24-20(30)16-12-32-13-25(16)21(31)19(29)15(11-14-7-5-4-6-8-14)23-17(26)9-10-18(27)28/h4-8,15-16,19,29H,9-13H2,1-3H3,(H,23,26)(H,24,30)(H,27,28)/t15-,16-,19-/m0/s1. The van der Waals surface area contributed by atoms with E-state index < -0.39 is 41.5 Å². The Hall–Kier alpha value is -2.59. The van der Waals surface area contributed by atoms with Crippen molar-refractivity contribution >= 4 is 35.5 Å². The minimum Gasteiger partial charge on any atom is -0.481 e. The highest BCUT2D eigenvalue weighted by Crippen LogP contribution is 2.23. The number of carboxylic acids is 1. The molecule has 32 heavy (non-hydrogen) atoms. The molecule has 0 spiro atoms. The maximum absolute atomic E-state index is 13.1. The second kappa shape index (κ2) is 11.3. The zero-order valence-electron chi connectivity index (χ0n) is 18.5. The van der Waals surface area contributed by atoms with Crippen LogP contribution in [0.25, 0.3) is 0 Å². The number of nitrogens with zero attached hydrogens (tertiary/aromatic N) is 1. The minimum absolute atomic E-state index is 0.173. The SMILES string of the molecule is CC(C)(C)NC(=O)[C@@H]1CSCN1C(=O)[C@@H](O)[C@H](Cc1ccccc1)NC(=O)CCC(=O)O. The van der Waals surface area contributed by atoms with Crippen LogP contribution in [0.1, 0.15) is 39.2 Å². The maximum Gasteiger partial charge on any atom is 0.303 e. The molecule has 9 nitrogen and oxygen atoms in total. The van der Waals surface area contributed by atoms with Gasteiger partial charge in [-0.2, -0.15) is 0 Å². The summed E-state index contributed by atoms with van der Waals surface area (Å²) in [6, 6.07) is 7.35. The molecule has 2 rings (SSSR count). The number of aliphatic carboxylic acids is 1. The van der Waals surface area contributed by atoms with Gasteiger partial charge in [-0.15, -0.1) is 11.8 Å². The Kier molecular flexibility index (Phi) is 9.09. The Bertz CT molecular complexity index is 827. The molecule has 0 aliphatic carbocycles. The van der Waals surface area contributed by atoms with Gasteiger partial charge in [-0.25, -0.2) is 0 Å². The highest BCUT2D eigenvalue weighted by atomic mass is 32.2. The lowest BCUT2D eigenvalue weighted by atomic mass is 9.99. The van der Waals surface area contributed by atoms with Gasteiger partial charge >= 0.3 is 5.97 Å². The maximum atomic E-state index is 13.1. The van der Waals surface area contributed by atoms with Crippen molar-refractivity contribution in [3.8, 4) is 0 Å². The van der Waals surface area contributed by atoms with Crippen LogP contribution in [-0.4, -0.2) is 74.2 Å². The smallest absolute Gasteiger partial charge is 0.303 e. The third-order valence-electron chi connectivity index (χ3n) is 4.81. The first-order valence-corrected chi connectivity index (χ1v) is 11.6. The van der Waals surface area contributed by atoms with Crippen molar-refractivity contribution in [3.05, 3.63) is 35.9 Å². The molecule has 1 aromatic rings. The third kappa shape index (κ3) is 7.83. The molecule has 3 amide bonds. The fourth-order valence-electron chi connectivity index (χ4n) is 3.28. The fourth-order valence-corrected chi connectivity index (χ4v) is 4.44. The van der Waals surface area contributed by atoms with E-state index in [1.54, 1.807) is 24.3 Å². The summed E-state index contributed by atoms with van der Waals surface area (Å²) in [6.45, 7) is 5.53. The molecule has 1 heterocycles. The van der Waals surface area contributed by atoms with Crippen LogP contribution in [0.4, 0.5) is 0 Å². The van der Waals surface area contributed by atoms with Gasteiger partial charge in [0.2, 0.25) is 11.8 Å². The highest BCUT2D eigenvalue weighted by Gasteiger charge is 2.40. The van der Waals surface area contributed by atoms with Crippen LogP contribution in [0.3, 0.4) is 0 Å². The Labute approximate surface area is 191 Å². The molecular formula is C22H31N3O6S. The van der Waals surface area contributed by atoms with Gasteiger partial charge in [0.15, 0.2) is 6.10 Å². The van der Waals surface area contributed by atoms with Crippen molar-refractivity contribution in [3.63, 3.8) is 0 Å². The van der Waals surface area contributed by atoms with E-state index in [4.69, 9.17) is 5.11 Å². The molecule has 3 atom stereocenters. The van der Waals surface area contributed by atoms with Gasteiger partial charge < -0.3 is 25.7 Å². The summed E-state index contributed by atoms with van der Waals surface area (Å²) in [4.78, 5) is 50.1. The van der Waals surface area contributed by atoms with Crippen LogP contribution in [0.15, 0.2) is 30.3 Å². The molecule has 0 saturated carbocycles. The Balaban J connectivity index is 2.16. The van der Waals surface area contributed by atoms with Crippen LogP contribution in [0.5, 0.6) is 0 Å². The van der Waals surface area contributed by atoms with E-state index >= 15 is 0 Å². The number of aliphatic hydroxyl groups is 1. The van der Waals surface area contributed by atoms with Crippen molar-refractivity contribution in [2.45, 2.75) is 63.8 Å². The molecule has 1 aromatic carbocycles. The molecule has 0 aromatic heterocycles. The number of thioether (sulfide) groups is 1. The van der Waals surface area contributed by atoms with Crippen molar-refractivity contribution in [2.75, 3.05) is 11.6 Å². The Morgan fingerprint density at radius 2 is 1.81 bits per heavy atom. The monoisotopic (exact) mass is 465 g/mol. The first-order valence-electron chi connectivity index (χ1n) is 10.4. The molecule has 10 heteroatoms. The number of carbonyl (C=O) groups excluding carboxylic acids is 3. The van der Waals surface area contributed by atoms with Crippen molar-refractivity contribution in [1.29, 1.82) is 0 Å². The normalized spacial score (nSPS) is 18.0. The highest BCUT2D eigenvalue weighted by molar-refractivity contribution is 7.99. The van der Waals surface area contributed by atoms with E-state index in [-0.39, 0.29) is 31.0 Å². The van der Waals surface area contributed by atoms with E-state index in [0.717, 1.165) is 5.56 Å². The molecule has 0 radical (unpaired) electrons. The van der Waals surface area contributed by atoms with Gasteiger partial charge in [0.1, 0.15) is 6.04 Å². The van der Waals surface area contributed by atoms with Crippen LogP contribution in [0, 0.1) is 0 Å². The average molecular weight is 466 g/mol. The number of carbonyl (C=O) groups is 4. The van der Waals surface area contributed by atoms with E-state index in [1.807, 2.05) is 26.8 Å². The van der Waals surface area contributed by atoms with E-state index in [1.165, 1.54) is 16.7 Å². The second-order valence-electron chi connectivity index (χ2n) is 8.77. The number of nitrogens with one attached hydrogen (secondary N) is 2. The zero-order chi connectivity index (χ0) is 23.9. The number of hydrogen-bond acceptors (Lipinski definition) is 6. The summed E-state index contributed by atoms with van der Waals surface area (Å²) in [5.41, 5.74) is 0.326. The number of aliphatic hydroxyl groups excluding tert-OH is 1. The third-order valence-corrected chi connectivity index (χ3v) is 5.82. The minimum atomic E-state index is -1.59. The molecule has 0 unspecified atom stereocenters. The fraction of sp³-hybridized carbons (Fsp3) is 0.545. The first-order chi connectivity index (χ1) is 15.0. The largest absolute Gasteiger partial charge is 0.481 e. The number of rotatable bonds is 9. The van der Waals surface area contributed by atoms with Gasteiger partial charge in [-0.05, 0) is 32.8 Å². The number of hydrogen-bond donors (Lipinski definition) is 4. The van der Waals surface area contributed by atoms with Crippen molar-refractivity contribution < 1.29 is 29.4 Å². The lowest BCUT2D eigenvalue weighted by Gasteiger charge is -2.31. The lowest BCUT2D eigenvalue weighted by Crippen LogP contribution is -2.57. The molecule has 176 valence electrons. The Morgan fingerprint density at radius 3 is 2.41 bits per heavy atom. The summed E-state index contributed by atoms with van der Waals surface area (Å²) in [5, 5.41) is 25.2. The number of carboxylic acid groups (broad SMARTS) is 1. The zero-order valence-corrected chi connectivity index (χ0v) is 19.4. The summed E-state index contributed by atoms with van der Waals surface area (Å²) in [6.07, 6.45) is -2.04. The predicted octanol–water partition coefficient (Wildman–Crippen LogP) is 0.756. The van der Waals surface area contributed by atoms with Gasteiger partial charge in [0, 0.05) is 17.7 Å². The molecule has 1 fully saturated rings. The molecule has 0 bridgehead atoms. The number of amides is 3. The van der Waals surface area contributed by atoms with Crippen LogP contribution in [-0.2, 0) is 25.6 Å². The lowest BCUT2D eigenvalue weighted by molar-refractivity contribution is -0.147. The van der Waals surface area contributed by atoms with Crippen molar-refractivity contribution in [1.82, 2.24) is 15.5 Å². The Morgan fingerprint density at radius 1 is 1.16 bits per heavy atom. The topological polar surface area (TPSA) is 136 Å². The van der Waals surface area contributed by atoms with E-state index in [2.05, 4.69) is 10.6 Å². The summed E-state index contributed by atoms with van der Waals surface area (Å²) in [5.74, 6) is -1.97. The van der Waals surface area contributed by atoms with Gasteiger partial charge in [-0.1, -0.05) is 30.3 Å². The average Bonchev–Trinajstić information content (AvgIpc) is 3.20.